The number of nitrogens with one attached hydrogen (secondary N) is 1. The summed E-state index contributed by atoms with van der Waals surface area (Å²) in [4.78, 5) is 40.6. The molecule has 44 heavy (non-hydrogen) atoms. The predicted octanol–water partition coefficient (Wildman–Crippen LogP) is 4.56. The zero-order valence-electron chi connectivity index (χ0n) is 23.7. The average molecular weight is 621 g/mol. The van der Waals surface area contributed by atoms with Gasteiger partial charge < -0.3 is 34.1 Å². The fourth-order valence-electron chi connectivity index (χ4n) is 5.31. The van der Waals surface area contributed by atoms with Gasteiger partial charge in [0.2, 0.25) is 13.1 Å². The minimum absolute atomic E-state index is 0.0687. The lowest BCUT2D eigenvalue weighted by Crippen LogP contribution is -2.31. The van der Waals surface area contributed by atoms with Crippen molar-refractivity contribution in [3.8, 4) is 11.5 Å². The maximum Gasteiger partial charge on any atom is 0.290 e. The molecule has 2 N–H and O–H groups in total. The summed E-state index contributed by atoms with van der Waals surface area (Å²) in [6, 6.07) is 15.1. The minimum atomic E-state index is -0.736. The van der Waals surface area contributed by atoms with Crippen LogP contribution in [-0.4, -0.2) is 62.3 Å². The Labute approximate surface area is 257 Å². The van der Waals surface area contributed by atoms with Crippen LogP contribution < -0.4 is 19.7 Å². The van der Waals surface area contributed by atoms with Crippen LogP contribution in [-0.2, 0) is 19.0 Å². The summed E-state index contributed by atoms with van der Waals surface area (Å²) in [5.74, 6) is -0.281. The topological polar surface area (TPSA) is 133 Å². The molecular weight excluding hydrogens is 592 g/mol. The van der Waals surface area contributed by atoms with E-state index in [0.717, 1.165) is 10.5 Å². The summed E-state index contributed by atoms with van der Waals surface area (Å²) < 4.78 is 28.0. The molecule has 11 nitrogen and oxygen atoms in total. The molecule has 0 fully saturated rings. The van der Waals surface area contributed by atoms with Gasteiger partial charge in [-0.25, -0.2) is 4.90 Å². The molecule has 3 amide bonds. The Balaban J connectivity index is 1.19. The van der Waals surface area contributed by atoms with Crippen molar-refractivity contribution in [3.05, 3.63) is 93.7 Å². The van der Waals surface area contributed by atoms with Crippen molar-refractivity contribution < 1.29 is 43.2 Å². The lowest BCUT2D eigenvalue weighted by molar-refractivity contribution is -0.148. The zero-order valence-corrected chi connectivity index (χ0v) is 24.5. The first-order valence-electron chi connectivity index (χ1n) is 14.0. The summed E-state index contributed by atoms with van der Waals surface area (Å²) in [7, 11) is 0. The molecule has 0 spiro atoms. The van der Waals surface area contributed by atoms with Crippen molar-refractivity contribution in [1.29, 1.82) is 0 Å². The van der Waals surface area contributed by atoms with E-state index in [1.54, 1.807) is 37.3 Å². The summed E-state index contributed by atoms with van der Waals surface area (Å²) in [6.45, 7) is 2.46. The summed E-state index contributed by atoms with van der Waals surface area (Å²) in [6.07, 6.45) is 1.44. The maximum atomic E-state index is 13.4. The van der Waals surface area contributed by atoms with Gasteiger partial charge in [0.15, 0.2) is 17.3 Å². The van der Waals surface area contributed by atoms with E-state index in [2.05, 4.69) is 5.32 Å². The number of ether oxygens (including phenoxy) is 5. The normalized spacial score (nSPS) is 18.6. The Kier molecular flexibility index (Phi) is 8.53. The Morgan fingerprint density at radius 1 is 1.00 bits per heavy atom. The van der Waals surface area contributed by atoms with E-state index in [0.29, 0.717) is 39.9 Å². The highest BCUT2D eigenvalue weighted by atomic mass is 35.5. The van der Waals surface area contributed by atoms with Crippen LogP contribution in [0.5, 0.6) is 11.5 Å². The highest BCUT2D eigenvalue weighted by molar-refractivity contribution is 6.37. The molecule has 12 heteroatoms. The molecular formula is C32H29ClN2O9. The number of benzene rings is 3. The van der Waals surface area contributed by atoms with Crippen LogP contribution in [0.15, 0.2) is 66.4 Å². The van der Waals surface area contributed by atoms with Crippen LogP contribution in [0.4, 0.5) is 11.4 Å². The first kappa shape index (κ1) is 29.6. The molecule has 3 aromatic rings. The van der Waals surface area contributed by atoms with Gasteiger partial charge in [0.25, 0.3) is 17.7 Å². The van der Waals surface area contributed by atoms with Crippen LogP contribution in [0, 0.1) is 6.92 Å². The van der Waals surface area contributed by atoms with Gasteiger partial charge in [-0.2, -0.15) is 0 Å². The van der Waals surface area contributed by atoms with Crippen LogP contribution >= 0.6 is 11.6 Å². The lowest BCUT2D eigenvalue weighted by atomic mass is 9.92. The van der Waals surface area contributed by atoms with Crippen molar-refractivity contribution in [2.45, 2.75) is 25.6 Å². The molecule has 3 aliphatic heterocycles. The Hall–Kier alpha value is -4.42. The number of aliphatic hydroxyl groups excluding tert-OH is 1. The van der Waals surface area contributed by atoms with Crippen molar-refractivity contribution >= 4 is 40.7 Å². The maximum absolute atomic E-state index is 13.4. The van der Waals surface area contributed by atoms with E-state index in [9.17, 15) is 14.4 Å². The summed E-state index contributed by atoms with van der Waals surface area (Å²) in [5.41, 5.74) is 2.87. The smallest absolute Gasteiger partial charge is 0.290 e. The number of anilines is 2. The number of nitrogens with zero attached hydrogens (tertiary/aromatic N) is 1. The molecule has 6 rings (SSSR count). The fraction of sp³-hybridized carbons (Fsp3) is 0.281. The van der Waals surface area contributed by atoms with Crippen molar-refractivity contribution in [1.82, 2.24) is 0 Å². The molecule has 0 radical (unpaired) electrons. The molecule has 0 bridgehead atoms. The standard InChI is InChI=1S/C32H29ClN2O9/c1-18-12-22(4-6-25(18)35-31(38)23-5-3-21(33)16-24(23)32(35)39)34-30(37)28-14-20(15-29(44-28)41-11-10-40-9-8-36)19-2-7-26-27(13-19)43-17-42-26/h2-7,12-14,16,20,29,36H,8-11,15,17H2,1H3,(H,34,37)/t20-,29+/m1/s1. The third kappa shape index (κ3) is 6.00. The van der Waals surface area contributed by atoms with Gasteiger partial charge >= 0.3 is 0 Å². The third-order valence-corrected chi connectivity index (χ3v) is 7.65. The van der Waals surface area contributed by atoms with E-state index in [1.165, 1.54) is 12.1 Å². The second-order valence-corrected chi connectivity index (χ2v) is 10.8. The van der Waals surface area contributed by atoms with Crippen molar-refractivity contribution in [3.63, 3.8) is 0 Å². The number of imide groups is 1. The van der Waals surface area contributed by atoms with Gasteiger partial charge in [0.1, 0.15) is 0 Å². The molecule has 3 heterocycles. The zero-order chi connectivity index (χ0) is 30.8. The molecule has 0 aliphatic carbocycles. The largest absolute Gasteiger partial charge is 0.459 e. The number of allylic oxidation sites excluding steroid dienone is 1. The molecule has 3 aromatic carbocycles. The van der Waals surface area contributed by atoms with E-state index >= 15 is 0 Å². The van der Waals surface area contributed by atoms with Gasteiger partial charge in [-0.05, 0) is 72.7 Å². The van der Waals surface area contributed by atoms with Crippen LogP contribution in [0.3, 0.4) is 0 Å². The molecule has 0 aromatic heterocycles. The number of carbonyl (C=O) groups is 3. The number of rotatable bonds is 10. The average Bonchev–Trinajstić information content (AvgIpc) is 3.58. The molecule has 3 aliphatic rings. The highest BCUT2D eigenvalue weighted by Gasteiger charge is 2.37. The van der Waals surface area contributed by atoms with Crippen molar-refractivity contribution in [2.24, 2.45) is 0 Å². The lowest BCUT2D eigenvalue weighted by Gasteiger charge is -2.29. The number of amides is 3. The first-order valence-corrected chi connectivity index (χ1v) is 14.4. The Bertz CT molecular complexity index is 1660. The highest BCUT2D eigenvalue weighted by Crippen LogP contribution is 2.39. The van der Waals surface area contributed by atoms with Gasteiger partial charge in [0, 0.05) is 23.0 Å². The van der Waals surface area contributed by atoms with Gasteiger partial charge in [-0.1, -0.05) is 17.7 Å². The number of aliphatic hydroxyl groups is 1. The molecule has 0 unspecified atom stereocenters. The number of fused-ring (bicyclic) bond motifs is 2. The SMILES string of the molecule is Cc1cc(NC(=O)C2=C[C@@H](c3ccc4c(c3)OCO4)C[C@@H](OCCOCCO)O2)ccc1N1C(=O)c2ccc(Cl)cc2C1=O. The minimum Gasteiger partial charge on any atom is -0.459 e. The second kappa shape index (κ2) is 12.7. The first-order chi connectivity index (χ1) is 21.3. The molecule has 0 saturated heterocycles. The number of hydrogen-bond acceptors (Lipinski definition) is 9. The van der Waals surface area contributed by atoms with E-state index in [4.69, 9.17) is 40.4 Å². The monoisotopic (exact) mass is 620 g/mol. The van der Waals surface area contributed by atoms with Crippen LogP contribution in [0.2, 0.25) is 5.02 Å². The van der Waals surface area contributed by atoms with E-state index in [1.807, 2.05) is 18.2 Å². The van der Waals surface area contributed by atoms with Crippen molar-refractivity contribution in [2.75, 3.05) is 43.4 Å². The summed E-state index contributed by atoms with van der Waals surface area (Å²) in [5, 5.41) is 12.1. The third-order valence-electron chi connectivity index (χ3n) is 7.42. The molecule has 0 saturated carbocycles. The second-order valence-electron chi connectivity index (χ2n) is 10.3. The summed E-state index contributed by atoms with van der Waals surface area (Å²) >= 11 is 6.04. The van der Waals surface area contributed by atoms with Gasteiger partial charge in [-0.3, -0.25) is 14.4 Å². The number of carbonyl (C=O) groups excluding carboxylic acids is 3. The van der Waals surface area contributed by atoms with Crippen LogP contribution in [0.1, 0.15) is 44.2 Å². The molecule has 2 atom stereocenters. The quantitative estimate of drug-likeness (QED) is 0.247. The number of halogens is 1. The number of aryl methyl sites for hydroxylation is 1. The Morgan fingerprint density at radius 3 is 2.64 bits per heavy atom. The van der Waals surface area contributed by atoms with E-state index in [-0.39, 0.29) is 56.0 Å². The fourth-order valence-corrected chi connectivity index (χ4v) is 5.48. The predicted molar refractivity (Wildman–Crippen MR) is 159 cm³/mol. The van der Waals surface area contributed by atoms with Gasteiger partial charge in [0.05, 0.1) is 43.2 Å². The van der Waals surface area contributed by atoms with Crippen LogP contribution in [0.25, 0.3) is 0 Å². The van der Waals surface area contributed by atoms with Gasteiger partial charge in [-0.15, -0.1) is 0 Å². The molecule has 228 valence electrons. The van der Waals surface area contributed by atoms with E-state index < -0.39 is 24.0 Å². The number of hydrogen-bond donors (Lipinski definition) is 2. The Morgan fingerprint density at radius 2 is 1.82 bits per heavy atom.